The Labute approximate surface area is 187 Å². The summed E-state index contributed by atoms with van der Waals surface area (Å²) in [4.78, 5) is 29.3. The summed E-state index contributed by atoms with van der Waals surface area (Å²) in [6.45, 7) is 2.94. The lowest BCUT2D eigenvalue weighted by molar-refractivity contribution is -0.148. The van der Waals surface area contributed by atoms with Gasteiger partial charge in [0.25, 0.3) is 5.91 Å². The zero-order chi connectivity index (χ0) is 22.2. The Balaban J connectivity index is 1.66. The van der Waals surface area contributed by atoms with Crippen LogP contribution in [-0.4, -0.2) is 75.3 Å². The minimum absolute atomic E-state index is 0.0656. The molecule has 8 heteroatoms. The summed E-state index contributed by atoms with van der Waals surface area (Å²) in [6, 6.07) is 13.8. The van der Waals surface area contributed by atoms with Gasteiger partial charge in [-0.15, -0.1) is 0 Å². The van der Waals surface area contributed by atoms with Gasteiger partial charge in [0.2, 0.25) is 0 Å². The second-order valence-electron chi connectivity index (χ2n) is 7.14. The van der Waals surface area contributed by atoms with Crippen molar-refractivity contribution >= 4 is 23.5 Å². The molecule has 1 aliphatic rings. The predicted octanol–water partition coefficient (Wildman–Crippen LogP) is 3.04. The Morgan fingerprint density at radius 2 is 1.74 bits per heavy atom. The normalized spacial score (nSPS) is 15.4. The molecule has 2 aromatic carbocycles. The molecule has 1 aliphatic heterocycles. The van der Waals surface area contributed by atoms with Crippen LogP contribution in [0.25, 0.3) is 0 Å². The van der Waals surface area contributed by atoms with Crippen LogP contribution >= 0.6 is 11.6 Å². The molecule has 7 nitrogen and oxygen atoms in total. The van der Waals surface area contributed by atoms with E-state index in [0.717, 1.165) is 0 Å². The van der Waals surface area contributed by atoms with Crippen LogP contribution in [0, 0.1) is 0 Å². The highest BCUT2D eigenvalue weighted by molar-refractivity contribution is 6.31. The van der Waals surface area contributed by atoms with Gasteiger partial charge in [-0.25, -0.2) is 4.79 Å². The van der Waals surface area contributed by atoms with E-state index in [1.54, 1.807) is 36.3 Å². The first-order valence-corrected chi connectivity index (χ1v) is 10.5. The van der Waals surface area contributed by atoms with Gasteiger partial charge in [0.1, 0.15) is 18.4 Å². The number of benzene rings is 2. The second-order valence-corrected chi connectivity index (χ2v) is 7.55. The van der Waals surface area contributed by atoms with Gasteiger partial charge in [-0.2, -0.15) is 0 Å². The van der Waals surface area contributed by atoms with E-state index in [4.69, 9.17) is 25.8 Å². The molecule has 2 aromatic rings. The van der Waals surface area contributed by atoms with Crippen LogP contribution < -0.4 is 4.74 Å². The first-order chi connectivity index (χ1) is 15.0. The molecule has 0 N–H and O–H groups in total. The van der Waals surface area contributed by atoms with Crippen LogP contribution in [-0.2, 0) is 14.3 Å². The summed E-state index contributed by atoms with van der Waals surface area (Å²) in [5.74, 6) is 0.198. The van der Waals surface area contributed by atoms with Gasteiger partial charge in [-0.3, -0.25) is 9.69 Å². The lowest BCUT2D eigenvalue weighted by Crippen LogP contribution is -2.51. The maximum Gasteiger partial charge on any atom is 0.327 e. The average Bonchev–Trinajstić information content (AvgIpc) is 2.80. The van der Waals surface area contributed by atoms with Crippen molar-refractivity contribution in [1.82, 2.24) is 9.80 Å². The van der Waals surface area contributed by atoms with Gasteiger partial charge in [-0.05, 0) is 29.8 Å². The molecule has 0 saturated carbocycles. The minimum Gasteiger partial charge on any atom is -0.491 e. The molecule has 1 heterocycles. The van der Waals surface area contributed by atoms with E-state index in [1.807, 2.05) is 29.2 Å². The fraction of sp³-hybridized carbons (Fsp3) is 0.391. The smallest absolute Gasteiger partial charge is 0.327 e. The van der Waals surface area contributed by atoms with Crippen molar-refractivity contribution in [3.8, 4) is 5.75 Å². The Morgan fingerprint density at radius 3 is 2.42 bits per heavy atom. The Morgan fingerprint density at radius 1 is 1.00 bits per heavy atom. The fourth-order valence-electron chi connectivity index (χ4n) is 3.61. The Hall–Kier alpha value is -2.61. The number of halogens is 1. The van der Waals surface area contributed by atoms with Crippen LogP contribution in [0.3, 0.4) is 0 Å². The molecule has 0 aliphatic carbocycles. The molecule has 166 valence electrons. The Kier molecular flexibility index (Phi) is 8.28. The van der Waals surface area contributed by atoms with Crippen molar-refractivity contribution < 1.29 is 23.8 Å². The van der Waals surface area contributed by atoms with E-state index < -0.39 is 6.04 Å². The van der Waals surface area contributed by atoms with Crippen molar-refractivity contribution in [2.75, 3.05) is 53.6 Å². The quantitative estimate of drug-likeness (QED) is 0.458. The molecule has 1 fully saturated rings. The number of nitrogens with zero attached hydrogens (tertiary/aromatic N) is 2. The standard InChI is InChI=1S/C23H27ClN2O5/c1-29-14-15-31-18-7-5-6-17(16-18)22(27)26-12-10-25(11-13-26)21(23(28)30-2)19-8-3-4-9-20(19)24/h3-9,16,21H,10-15H2,1-2H3. The zero-order valence-electron chi connectivity index (χ0n) is 17.8. The topological polar surface area (TPSA) is 68.3 Å². The van der Waals surface area contributed by atoms with Crippen LogP contribution in [0.15, 0.2) is 48.5 Å². The van der Waals surface area contributed by atoms with Crippen LogP contribution in [0.4, 0.5) is 0 Å². The summed E-state index contributed by atoms with van der Waals surface area (Å²) in [5, 5.41) is 0.515. The van der Waals surface area contributed by atoms with Crippen LogP contribution in [0.5, 0.6) is 5.75 Å². The number of hydrogen-bond donors (Lipinski definition) is 0. The van der Waals surface area contributed by atoms with Gasteiger partial charge < -0.3 is 19.1 Å². The van der Waals surface area contributed by atoms with Gasteiger partial charge in [0.05, 0.1) is 13.7 Å². The number of methoxy groups -OCH3 is 2. The van der Waals surface area contributed by atoms with Crippen LogP contribution in [0.2, 0.25) is 5.02 Å². The summed E-state index contributed by atoms with van der Waals surface area (Å²) in [7, 11) is 2.98. The van der Waals surface area contributed by atoms with Crippen LogP contribution in [0.1, 0.15) is 22.0 Å². The number of ether oxygens (including phenoxy) is 3. The molecular formula is C23H27ClN2O5. The highest BCUT2D eigenvalue weighted by atomic mass is 35.5. The van der Waals surface area contributed by atoms with E-state index in [1.165, 1.54) is 7.11 Å². The third-order valence-electron chi connectivity index (χ3n) is 5.23. The van der Waals surface area contributed by atoms with Crippen molar-refractivity contribution in [3.05, 3.63) is 64.7 Å². The van der Waals surface area contributed by atoms with E-state index in [2.05, 4.69) is 0 Å². The first-order valence-electron chi connectivity index (χ1n) is 10.1. The van der Waals surface area contributed by atoms with Gasteiger partial charge in [0.15, 0.2) is 0 Å². The van der Waals surface area contributed by atoms with Crippen molar-refractivity contribution in [3.63, 3.8) is 0 Å². The van der Waals surface area contributed by atoms with Gasteiger partial charge >= 0.3 is 5.97 Å². The number of amides is 1. The van der Waals surface area contributed by atoms with E-state index in [0.29, 0.717) is 61.3 Å². The Bertz CT molecular complexity index is 899. The molecule has 0 aromatic heterocycles. The highest BCUT2D eigenvalue weighted by Crippen LogP contribution is 2.29. The first kappa shape index (κ1) is 23.1. The van der Waals surface area contributed by atoms with E-state index in [9.17, 15) is 9.59 Å². The highest BCUT2D eigenvalue weighted by Gasteiger charge is 2.33. The van der Waals surface area contributed by atoms with Crippen molar-refractivity contribution in [2.24, 2.45) is 0 Å². The molecule has 0 bridgehead atoms. The second kappa shape index (κ2) is 11.1. The summed E-state index contributed by atoms with van der Waals surface area (Å²) >= 11 is 6.34. The molecule has 0 spiro atoms. The molecule has 1 atom stereocenters. The van der Waals surface area contributed by atoms with Crippen molar-refractivity contribution in [1.29, 1.82) is 0 Å². The maximum atomic E-state index is 13.0. The number of carbonyl (C=O) groups is 2. The minimum atomic E-state index is -0.603. The SMILES string of the molecule is COCCOc1cccc(C(=O)N2CCN(C(C(=O)OC)c3ccccc3Cl)CC2)c1. The van der Waals surface area contributed by atoms with E-state index >= 15 is 0 Å². The zero-order valence-corrected chi connectivity index (χ0v) is 18.5. The predicted molar refractivity (Wildman–Crippen MR) is 117 cm³/mol. The lowest BCUT2D eigenvalue weighted by atomic mass is 10.0. The number of rotatable bonds is 8. The summed E-state index contributed by atoms with van der Waals surface area (Å²) in [6.07, 6.45) is 0. The molecular weight excluding hydrogens is 420 g/mol. The van der Waals surface area contributed by atoms with Crippen molar-refractivity contribution in [2.45, 2.75) is 6.04 Å². The number of piperazine rings is 1. The third kappa shape index (κ3) is 5.76. The summed E-state index contributed by atoms with van der Waals surface area (Å²) < 4.78 is 15.6. The van der Waals surface area contributed by atoms with Gasteiger partial charge in [0, 0.05) is 43.9 Å². The maximum absolute atomic E-state index is 13.0. The summed E-state index contributed by atoms with van der Waals surface area (Å²) in [5.41, 5.74) is 1.27. The molecule has 1 saturated heterocycles. The molecule has 0 radical (unpaired) electrons. The number of carbonyl (C=O) groups excluding carboxylic acids is 2. The molecule has 1 unspecified atom stereocenters. The van der Waals surface area contributed by atoms with E-state index in [-0.39, 0.29) is 11.9 Å². The largest absolute Gasteiger partial charge is 0.491 e. The third-order valence-corrected chi connectivity index (χ3v) is 5.57. The number of hydrogen-bond acceptors (Lipinski definition) is 6. The lowest BCUT2D eigenvalue weighted by Gasteiger charge is -2.38. The average molecular weight is 447 g/mol. The number of esters is 1. The fourth-order valence-corrected chi connectivity index (χ4v) is 3.85. The molecule has 3 rings (SSSR count). The molecule has 1 amide bonds. The van der Waals surface area contributed by atoms with Gasteiger partial charge in [-0.1, -0.05) is 35.9 Å². The monoisotopic (exact) mass is 446 g/mol. The molecule has 31 heavy (non-hydrogen) atoms.